The maximum Gasteiger partial charge on any atom is 0.319 e. The van der Waals surface area contributed by atoms with Crippen molar-refractivity contribution in [3.8, 4) is 0 Å². The summed E-state index contributed by atoms with van der Waals surface area (Å²) in [5, 5.41) is 2.94. The lowest BCUT2D eigenvalue weighted by Gasteiger charge is -2.30. The van der Waals surface area contributed by atoms with E-state index in [2.05, 4.69) is 5.32 Å². The van der Waals surface area contributed by atoms with Gasteiger partial charge in [0.1, 0.15) is 6.17 Å². The van der Waals surface area contributed by atoms with Crippen molar-refractivity contribution in [1.29, 1.82) is 0 Å². The molecule has 1 aliphatic rings. The predicted molar refractivity (Wildman–Crippen MR) is 112 cm³/mol. The van der Waals surface area contributed by atoms with Crippen LogP contribution in [0.1, 0.15) is 53.0 Å². The molecule has 3 rings (SSSR count). The van der Waals surface area contributed by atoms with Crippen molar-refractivity contribution < 1.29 is 14.4 Å². The molecule has 0 fully saturated rings. The highest BCUT2D eigenvalue weighted by Gasteiger charge is 2.40. The fourth-order valence-corrected chi connectivity index (χ4v) is 3.62. The number of benzene rings is 2. The molecular weight excluding hydrogens is 366 g/mol. The van der Waals surface area contributed by atoms with Crippen LogP contribution in [0.5, 0.6) is 0 Å². The van der Waals surface area contributed by atoms with E-state index in [1.54, 1.807) is 29.2 Å². The van der Waals surface area contributed by atoms with E-state index in [0.29, 0.717) is 30.6 Å². The molecule has 0 saturated heterocycles. The number of amides is 4. The maximum absolute atomic E-state index is 13.0. The lowest BCUT2D eigenvalue weighted by atomic mass is 10.1. The molecule has 152 valence electrons. The van der Waals surface area contributed by atoms with E-state index in [9.17, 15) is 14.4 Å². The summed E-state index contributed by atoms with van der Waals surface area (Å²) >= 11 is 0. The van der Waals surface area contributed by atoms with Crippen molar-refractivity contribution in [2.45, 2.75) is 39.3 Å². The molecule has 0 spiro atoms. The molecule has 0 radical (unpaired) electrons. The minimum Gasteiger partial charge on any atom is -0.325 e. The molecule has 0 saturated carbocycles. The Labute approximate surface area is 171 Å². The second-order valence-electron chi connectivity index (χ2n) is 7.17. The van der Waals surface area contributed by atoms with E-state index in [1.807, 2.05) is 44.2 Å². The Kier molecular flexibility index (Phi) is 6.65. The Morgan fingerprint density at radius 1 is 0.897 bits per heavy atom. The van der Waals surface area contributed by atoms with Crippen LogP contribution in [-0.4, -0.2) is 46.9 Å². The zero-order valence-corrected chi connectivity index (χ0v) is 16.9. The summed E-state index contributed by atoms with van der Waals surface area (Å²) in [6.07, 6.45) is 1.27. The van der Waals surface area contributed by atoms with E-state index in [-0.39, 0.29) is 17.8 Å². The molecule has 2 aromatic rings. The zero-order valence-electron chi connectivity index (χ0n) is 16.9. The first-order valence-corrected chi connectivity index (χ1v) is 10.1. The Hall–Kier alpha value is -3.15. The fraction of sp³-hybridized carbons (Fsp3) is 0.348. The summed E-state index contributed by atoms with van der Waals surface area (Å²) in [7, 11) is 0. The Bertz CT molecular complexity index is 841. The summed E-state index contributed by atoms with van der Waals surface area (Å²) in [4.78, 5) is 41.8. The lowest BCUT2D eigenvalue weighted by Crippen LogP contribution is -2.55. The largest absolute Gasteiger partial charge is 0.325 e. The smallest absolute Gasteiger partial charge is 0.319 e. The molecule has 6 heteroatoms. The average Bonchev–Trinajstić information content (AvgIpc) is 2.99. The molecule has 1 N–H and O–H groups in total. The third-order valence-corrected chi connectivity index (χ3v) is 4.97. The SMILES string of the molecule is CCCN(CCC)C(=O)NC(Cc1ccccc1)N1C(=O)c2ccccc2C1=O. The second kappa shape index (κ2) is 9.37. The van der Waals surface area contributed by atoms with Crippen LogP contribution < -0.4 is 5.32 Å². The van der Waals surface area contributed by atoms with Gasteiger partial charge in [-0.15, -0.1) is 0 Å². The molecule has 1 unspecified atom stereocenters. The van der Waals surface area contributed by atoms with E-state index in [0.717, 1.165) is 18.4 Å². The van der Waals surface area contributed by atoms with Gasteiger partial charge >= 0.3 is 6.03 Å². The summed E-state index contributed by atoms with van der Waals surface area (Å²) in [6.45, 7) is 5.28. The number of urea groups is 1. The molecule has 0 aromatic heterocycles. The van der Waals surface area contributed by atoms with E-state index >= 15 is 0 Å². The van der Waals surface area contributed by atoms with Gasteiger partial charge in [-0.1, -0.05) is 56.3 Å². The number of carbonyl (C=O) groups is 3. The topological polar surface area (TPSA) is 69.7 Å². The highest BCUT2D eigenvalue weighted by Crippen LogP contribution is 2.25. The summed E-state index contributed by atoms with van der Waals surface area (Å²) in [6, 6.07) is 16.1. The van der Waals surface area contributed by atoms with E-state index in [1.165, 1.54) is 4.90 Å². The standard InChI is InChI=1S/C23H27N3O3/c1-3-14-25(15-4-2)23(29)24-20(16-17-10-6-5-7-11-17)26-21(27)18-12-8-9-13-19(18)22(26)28/h5-13,20H,3-4,14-16H2,1-2H3,(H,24,29). The number of fused-ring (bicyclic) bond motifs is 1. The van der Waals surface area contributed by atoms with Gasteiger partial charge in [0.05, 0.1) is 11.1 Å². The lowest BCUT2D eigenvalue weighted by molar-refractivity contribution is 0.0557. The van der Waals surface area contributed by atoms with Crippen LogP contribution in [0.3, 0.4) is 0 Å². The van der Waals surface area contributed by atoms with Crippen molar-refractivity contribution in [1.82, 2.24) is 15.1 Å². The van der Waals surface area contributed by atoms with Gasteiger partial charge in [-0.2, -0.15) is 0 Å². The summed E-state index contributed by atoms with van der Waals surface area (Å²) in [5.74, 6) is -0.742. The molecule has 0 aliphatic carbocycles. The first-order chi connectivity index (χ1) is 14.1. The number of hydrogen-bond donors (Lipinski definition) is 1. The van der Waals surface area contributed by atoms with Gasteiger partial charge < -0.3 is 10.2 Å². The minimum atomic E-state index is -0.756. The van der Waals surface area contributed by atoms with Gasteiger partial charge in [0.2, 0.25) is 0 Å². The molecule has 1 heterocycles. The van der Waals surface area contributed by atoms with Crippen molar-refractivity contribution in [3.05, 3.63) is 71.3 Å². The number of rotatable bonds is 8. The zero-order chi connectivity index (χ0) is 20.8. The monoisotopic (exact) mass is 393 g/mol. The molecular formula is C23H27N3O3. The quantitative estimate of drug-likeness (QED) is 0.696. The van der Waals surface area contributed by atoms with Gasteiger partial charge in [-0.25, -0.2) is 4.79 Å². The van der Waals surface area contributed by atoms with Gasteiger partial charge in [0, 0.05) is 19.5 Å². The van der Waals surface area contributed by atoms with Crippen molar-refractivity contribution in [3.63, 3.8) is 0 Å². The van der Waals surface area contributed by atoms with Crippen LogP contribution in [0.25, 0.3) is 0 Å². The predicted octanol–water partition coefficient (Wildman–Crippen LogP) is 3.68. The second-order valence-corrected chi connectivity index (χ2v) is 7.17. The molecule has 2 aromatic carbocycles. The van der Waals surface area contributed by atoms with Crippen LogP contribution in [0.15, 0.2) is 54.6 Å². The van der Waals surface area contributed by atoms with Gasteiger partial charge in [-0.05, 0) is 30.5 Å². The highest BCUT2D eigenvalue weighted by molar-refractivity contribution is 6.21. The van der Waals surface area contributed by atoms with Crippen LogP contribution in [0.2, 0.25) is 0 Å². The third kappa shape index (κ3) is 4.47. The normalized spacial score (nSPS) is 13.9. The number of imide groups is 1. The molecule has 4 amide bonds. The van der Waals surface area contributed by atoms with Gasteiger partial charge in [-0.3, -0.25) is 14.5 Å². The van der Waals surface area contributed by atoms with Crippen molar-refractivity contribution in [2.75, 3.05) is 13.1 Å². The van der Waals surface area contributed by atoms with Crippen LogP contribution in [-0.2, 0) is 6.42 Å². The summed E-state index contributed by atoms with van der Waals surface area (Å²) < 4.78 is 0. The average molecular weight is 393 g/mol. The number of carbonyl (C=O) groups excluding carboxylic acids is 3. The summed E-state index contributed by atoms with van der Waals surface area (Å²) in [5.41, 5.74) is 1.69. The Morgan fingerprint density at radius 2 is 1.41 bits per heavy atom. The Morgan fingerprint density at radius 3 is 1.93 bits per heavy atom. The maximum atomic E-state index is 13.0. The third-order valence-electron chi connectivity index (χ3n) is 4.97. The van der Waals surface area contributed by atoms with Gasteiger partial charge in [0.15, 0.2) is 0 Å². The number of hydrogen-bond acceptors (Lipinski definition) is 3. The van der Waals surface area contributed by atoms with E-state index in [4.69, 9.17) is 0 Å². The molecule has 6 nitrogen and oxygen atoms in total. The van der Waals surface area contributed by atoms with Crippen LogP contribution in [0, 0.1) is 0 Å². The number of nitrogens with one attached hydrogen (secondary N) is 1. The van der Waals surface area contributed by atoms with Crippen molar-refractivity contribution in [2.24, 2.45) is 0 Å². The van der Waals surface area contributed by atoms with Crippen LogP contribution >= 0.6 is 0 Å². The molecule has 1 atom stereocenters. The first kappa shape index (κ1) is 20.6. The highest BCUT2D eigenvalue weighted by atomic mass is 16.2. The van der Waals surface area contributed by atoms with Crippen LogP contribution in [0.4, 0.5) is 4.79 Å². The number of nitrogens with zero attached hydrogens (tertiary/aromatic N) is 2. The molecule has 1 aliphatic heterocycles. The minimum absolute atomic E-state index is 0.258. The van der Waals surface area contributed by atoms with E-state index < -0.39 is 6.17 Å². The molecule has 0 bridgehead atoms. The van der Waals surface area contributed by atoms with Crippen molar-refractivity contribution >= 4 is 17.8 Å². The fourth-order valence-electron chi connectivity index (χ4n) is 3.62. The molecule has 29 heavy (non-hydrogen) atoms. The first-order valence-electron chi connectivity index (χ1n) is 10.1. The Balaban J connectivity index is 1.89. The van der Waals surface area contributed by atoms with Gasteiger partial charge in [0.25, 0.3) is 11.8 Å².